The zero-order valence-electron chi connectivity index (χ0n) is 16.1. The Kier molecular flexibility index (Phi) is 5.22. The van der Waals surface area contributed by atoms with Crippen LogP contribution in [0.15, 0.2) is 54.6 Å². The fourth-order valence-corrected chi connectivity index (χ4v) is 3.36. The van der Waals surface area contributed by atoms with Gasteiger partial charge in [-0.05, 0) is 23.3 Å². The molecule has 1 aromatic rings. The van der Waals surface area contributed by atoms with Crippen LogP contribution in [0.2, 0.25) is 0 Å². The van der Waals surface area contributed by atoms with Crippen LogP contribution in [0.4, 0.5) is 30.6 Å². The van der Waals surface area contributed by atoms with E-state index in [1.165, 1.54) is 6.92 Å². The summed E-state index contributed by atoms with van der Waals surface area (Å²) < 4.78 is 34.5. The second-order valence-corrected chi connectivity index (χ2v) is 7.03. The molecule has 0 saturated carbocycles. The maximum atomic E-state index is 14.7. The van der Waals surface area contributed by atoms with Gasteiger partial charge in [-0.3, -0.25) is 9.69 Å². The number of benzene rings is 1. The van der Waals surface area contributed by atoms with Gasteiger partial charge in [0.2, 0.25) is 5.91 Å². The summed E-state index contributed by atoms with van der Waals surface area (Å²) in [5, 5.41) is 5.33. The lowest BCUT2D eigenvalue weighted by molar-refractivity contribution is -0.119. The van der Waals surface area contributed by atoms with Crippen molar-refractivity contribution in [2.75, 3.05) is 23.3 Å². The van der Waals surface area contributed by atoms with E-state index in [0.717, 1.165) is 28.2 Å². The minimum atomic E-state index is -0.834. The van der Waals surface area contributed by atoms with E-state index < -0.39 is 23.8 Å². The normalized spacial score (nSPS) is 15.9. The first-order valence-corrected chi connectivity index (χ1v) is 9.38. The van der Waals surface area contributed by atoms with Crippen molar-refractivity contribution < 1.29 is 23.1 Å². The summed E-state index contributed by atoms with van der Waals surface area (Å²) in [5.74, 6) is -1.93. The number of halogens is 2. The highest BCUT2D eigenvalue weighted by molar-refractivity contribution is 5.90. The topological polar surface area (TPSA) is 70.7 Å². The van der Waals surface area contributed by atoms with Crippen molar-refractivity contribution in [2.45, 2.75) is 13.0 Å². The van der Waals surface area contributed by atoms with Crippen LogP contribution >= 0.6 is 0 Å². The molecular formula is C22H19F2N3O3. The fraction of sp³-hybridized carbons (Fsp3) is 0.182. The molecule has 0 aromatic heterocycles. The lowest BCUT2D eigenvalue weighted by Gasteiger charge is -2.15. The van der Waals surface area contributed by atoms with Crippen LogP contribution in [0.25, 0.3) is 11.1 Å². The van der Waals surface area contributed by atoms with Gasteiger partial charge in [0.1, 0.15) is 11.8 Å². The molecule has 4 rings (SSSR count). The molecule has 8 heteroatoms. The average molecular weight is 411 g/mol. The molecule has 0 spiro atoms. The highest BCUT2D eigenvalue weighted by atomic mass is 19.1. The predicted octanol–water partition coefficient (Wildman–Crippen LogP) is 4.27. The van der Waals surface area contributed by atoms with Gasteiger partial charge in [-0.15, -0.1) is 0 Å². The molecule has 6 nitrogen and oxygen atoms in total. The SMILES string of the molecule is CC(=O)NC[C@H]1CN(c2cc(F)c(Nc3cc4cccccc-4c3)c(F)c2)C(=O)O1. The first kappa shape index (κ1) is 19.6. The van der Waals surface area contributed by atoms with Gasteiger partial charge in [-0.1, -0.05) is 30.3 Å². The molecule has 2 N–H and O–H groups in total. The lowest BCUT2D eigenvalue weighted by atomic mass is 10.2. The molecule has 1 heterocycles. The molecule has 2 aliphatic carbocycles. The van der Waals surface area contributed by atoms with Crippen molar-refractivity contribution in [3.63, 3.8) is 0 Å². The summed E-state index contributed by atoms with van der Waals surface area (Å²) in [4.78, 5) is 24.2. The molecule has 1 saturated heterocycles. The van der Waals surface area contributed by atoms with E-state index in [1.54, 1.807) is 12.1 Å². The van der Waals surface area contributed by atoms with Gasteiger partial charge in [-0.2, -0.15) is 0 Å². The zero-order chi connectivity index (χ0) is 21.3. The summed E-state index contributed by atoms with van der Waals surface area (Å²) >= 11 is 0. The van der Waals surface area contributed by atoms with Crippen LogP contribution in [0.1, 0.15) is 6.92 Å². The number of fused-ring (bicyclic) bond motifs is 1. The van der Waals surface area contributed by atoms with Crippen molar-refractivity contribution in [3.05, 3.63) is 66.2 Å². The van der Waals surface area contributed by atoms with Gasteiger partial charge >= 0.3 is 6.09 Å². The Labute approximate surface area is 171 Å². The van der Waals surface area contributed by atoms with Gasteiger partial charge in [0.05, 0.1) is 18.8 Å². The number of rotatable bonds is 5. The first-order chi connectivity index (χ1) is 14.4. The number of cyclic esters (lactones) is 1. The monoisotopic (exact) mass is 411 g/mol. The summed E-state index contributed by atoms with van der Waals surface area (Å²) in [6, 6.07) is 15.2. The Morgan fingerprint density at radius 2 is 1.73 bits per heavy atom. The Bertz CT molecular complexity index is 1030. The molecule has 1 aliphatic heterocycles. The van der Waals surface area contributed by atoms with Crippen molar-refractivity contribution in [3.8, 4) is 11.1 Å². The Balaban J connectivity index is 1.54. The van der Waals surface area contributed by atoms with Gasteiger partial charge in [-0.25, -0.2) is 13.6 Å². The third kappa shape index (κ3) is 4.03. The van der Waals surface area contributed by atoms with Crippen LogP contribution < -0.4 is 15.5 Å². The zero-order valence-corrected chi connectivity index (χ0v) is 16.1. The largest absolute Gasteiger partial charge is 0.442 e. The molecule has 30 heavy (non-hydrogen) atoms. The lowest BCUT2D eigenvalue weighted by Crippen LogP contribution is -2.33. The summed E-state index contributed by atoms with van der Waals surface area (Å²) in [7, 11) is 0. The molecule has 2 amide bonds. The van der Waals surface area contributed by atoms with E-state index in [9.17, 15) is 18.4 Å². The van der Waals surface area contributed by atoms with E-state index in [1.807, 2.05) is 30.3 Å². The molecule has 154 valence electrons. The van der Waals surface area contributed by atoms with Crippen molar-refractivity contribution in [2.24, 2.45) is 0 Å². The van der Waals surface area contributed by atoms with E-state index in [2.05, 4.69) is 10.6 Å². The molecule has 0 unspecified atom stereocenters. The van der Waals surface area contributed by atoms with Gasteiger partial charge < -0.3 is 15.4 Å². The predicted molar refractivity (Wildman–Crippen MR) is 109 cm³/mol. The van der Waals surface area contributed by atoms with Gasteiger partial charge in [0, 0.05) is 24.7 Å². The van der Waals surface area contributed by atoms with Crippen LogP contribution in [-0.4, -0.2) is 31.2 Å². The number of nitrogens with one attached hydrogen (secondary N) is 2. The number of anilines is 3. The first-order valence-electron chi connectivity index (χ1n) is 9.38. The van der Waals surface area contributed by atoms with Crippen LogP contribution in [0.3, 0.4) is 0 Å². The Morgan fingerprint density at radius 1 is 1.10 bits per heavy atom. The summed E-state index contributed by atoms with van der Waals surface area (Å²) in [6.07, 6.45) is -1.32. The molecular weight excluding hydrogens is 392 g/mol. The Morgan fingerprint density at radius 3 is 2.33 bits per heavy atom. The van der Waals surface area contributed by atoms with E-state index in [4.69, 9.17) is 4.74 Å². The smallest absolute Gasteiger partial charge is 0.414 e. The number of hydrogen-bond acceptors (Lipinski definition) is 4. The number of nitrogens with zero attached hydrogens (tertiary/aromatic N) is 1. The van der Waals surface area contributed by atoms with Crippen molar-refractivity contribution in [1.29, 1.82) is 0 Å². The fourth-order valence-electron chi connectivity index (χ4n) is 3.36. The number of amides is 2. The van der Waals surface area contributed by atoms with Crippen molar-refractivity contribution in [1.82, 2.24) is 5.32 Å². The third-order valence-corrected chi connectivity index (χ3v) is 4.79. The van der Waals surface area contributed by atoms with E-state index >= 15 is 0 Å². The maximum absolute atomic E-state index is 14.7. The number of carbonyl (C=O) groups excluding carboxylic acids is 2. The number of hydrogen-bond donors (Lipinski definition) is 2. The number of carbonyl (C=O) groups is 2. The molecule has 1 aromatic carbocycles. The number of ether oxygens (including phenoxy) is 1. The van der Waals surface area contributed by atoms with E-state index in [0.29, 0.717) is 5.69 Å². The molecule has 1 atom stereocenters. The summed E-state index contributed by atoms with van der Waals surface area (Å²) in [6.45, 7) is 1.56. The second kappa shape index (κ2) is 7.98. The second-order valence-electron chi connectivity index (χ2n) is 7.03. The van der Waals surface area contributed by atoms with Gasteiger partial charge in [0.25, 0.3) is 0 Å². The average Bonchev–Trinajstić information content (AvgIpc) is 3.18. The quantitative estimate of drug-likeness (QED) is 0.658. The van der Waals surface area contributed by atoms with Crippen molar-refractivity contribution >= 4 is 29.1 Å². The molecule has 0 radical (unpaired) electrons. The Hall–Kier alpha value is -3.68. The minimum Gasteiger partial charge on any atom is -0.442 e. The van der Waals surface area contributed by atoms with Crippen LogP contribution in [0.5, 0.6) is 0 Å². The van der Waals surface area contributed by atoms with Crippen LogP contribution in [0, 0.1) is 11.6 Å². The summed E-state index contributed by atoms with van der Waals surface area (Å²) in [5.41, 5.74) is 2.17. The molecule has 0 bridgehead atoms. The highest BCUT2D eigenvalue weighted by Gasteiger charge is 2.33. The van der Waals surface area contributed by atoms with Gasteiger partial charge in [0.15, 0.2) is 11.6 Å². The standard InChI is InChI=1S/C22H19F2N3O3/c1-13(28)25-11-18-12-27(22(29)30-18)17-9-19(23)21(20(24)10-17)26-16-7-14-5-3-2-4-6-15(14)8-16/h2-10,18,26H,11-12H2,1H3,(H,25,28)/t18-/m0/s1. The molecule has 1 fully saturated rings. The maximum Gasteiger partial charge on any atom is 0.414 e. The highest BCUT2D eigenvalue weighted by Crippen LogP contribution is 2.34. The third-order valence-electron chi connectivity index (χ3n) is 4.79. The minimum absolute atomic E-state index is 0.0468. The van der Waals surface area contributed by atoms with Crippen LogP contribution in [-0.2, 0) is 9.53 Å². The molecule has 3 aliphatic rings. The van der Waals surface area contributed by atoms with E-state index in [-0.39, 0.29) is 30.4 Å².